The molecule has 0 spiro atoms. The highest BCUT2D eigenvalue weighted by atomic mass is 32.2. The smallest absolute Gasteiger partial charge is 0.156 e. The lowest BCUT2D eigenvalue weighted by Gasteiger charge is -2.36. The molecule has 2 aliphatic rings. The second kappa shape index (κ2) is 6.49. The van der Waals surface area contributed by atoms with Crippen LogP contribution < -0.4 is 5.32 Å². The van der Waals surface area contributed by atoms with E-state index >= 15 is 0 Å². The number of amidine groups is 1. The topological polar surface area (TPSA) is 27.6 Å². The first-order chi connectivity index (χ1) is 8.97. The summed E-state index contributed by atoms with van der Waals surface area (Å²) in [7, 11) is 2.22. The van der Waals surface area contributed by atoms with E-state index in [1.807, 2.05) is 11.8 Å². The maximum Gasteiger partial charge on any atom is 0.156 e. The number of thioether (sulfide) groups is 1. The van der Waals surface area contributed by atoms with Crippen molar-refractivity contribution >= 4 is 16.9 Å². The fraction of sp³-hybridized carbons (Fsp3) is 0.933. The van der Waals surface area contributed by atoms with Crippen LogP contribution in [0, 0.1) is 11.3 Å². The molecule has 0 aromatic heterocycles. The van der Waals surface area contributed by atoms with Crippen molar-refractivity contribution in [2.24, 2.45) is 16.3 Å². The summed E-state index contributed by atoms with van der Waals surface area (Å²) in [6, 6.07) is 0.633. The molecule has 2 aliphatic heterocycles. The Labute approximate surface area is 122 Å². The van der Waals surface area contributed by atoms with Gasteiger partial charge in [-0.15, -0.1) is 0 Å². The Balaban J connectivity index is 1.80. The SMILES string of the molecule is CC(C)CC1CSC(=NCC2(C)CCN(C)CC2)N1. The van der Waals surface area contributed by atoms with Crippen molar-refractivity contribution < 1.29 is 0 Å². The van der Waals surface area contributed by atoms with E-state index in [9.17, 15) is 0 Å². The molecule has 2 saturated heterocycles. The molecule has 0 aliphatic carbocycles. The minimum atomic E-state index is 0.415. The van der Waals surface area contributed by atoms with Gasteiger partial charge in [0.1, 0.15) is 0 Å². The van der Waals surface area contributed by atoms with E-state index in [1.165, 1.54) is 43.3 Å². The van der Waals surface area contributed by atoms with Gasteiger partial charge in [0.15, 0.2) is 5.17 Å². The quantitative estimate of drug-likeness (QED) is 0.860. The summed E-state index contributed by atoms with van der Waals surface area (Å²) in [4.78, 5) is 7.28. The van der Waals surface area contributed by atoms with Gasteiger partial charge < -0.3 is 10.2 Å². The Bertz CT molecular complexity index is 319. The van der Waals surface area contributed by atoms with E-state index in [0.29, 0.717) is 11.5 Å². The van der Waals surface area contributed by atoms with Crippen LogP contribution in [0.15, 0.2) is 4.99 Å². The van der Waals surface area contributed by atoms with Gasteiger partial charge in [0.2, 0.25) is 0 Å². The average Bonchev–Trinajstić information content (AvgIpc) is 2.78. The number of nitrogens with zero attached hydrogens (tertiary/aromatic N) is 2. The summed E-state index contributed by atoms with van der Waals surface area (Å²) in [6.07, 6.45) is 3.81. The number of aliphatic imine (C=N–C) groups is 1. The third-order valence-corrected chi connectivity index (χ3v) is 5.39. The highest BCUT2D eigenvalue weighted by Crippen LogP contribution is 2.31. The lowest BCUT2D eigenvalue weighted by Crippen LogP contribution is -2.38. The summed E-state index contributed by atoms with van der Waals surface area (Å²) in [6.45, 7) is 10.4. The van der Waals surface area contributed by atoms with Crippen molar-refractivity contribution in [3.05, 3.63) is 0 Å². The zero-order valence-electron chi connectivity index (χ0n) is 12.9. The van der Waals surface area contributed by atoms with E-state index in [1.54, 1.807) is 0 Å². The molecule has 1 N–H and O–H groups in total. The largest absolute Gasteiger partial charge is 0.361 e. The van der Waals surface area contributed by atoms with Crippen LogP contribution in [-0.2, 0) is 0 Å². The Morgan fingerprint density at radius 3 is 2.74 bits per heavy atom. The standard InChI is InChI=1S/C15H29N3S/c1-12(2)9-13-10-19-14(17-13)16-11-15(3)5-7-18(4)8-6-15/h12-13H,5-11H2,1-4H3,(H,16,17). The van der Waals surface area contributed by atoms with Gasteiger partial charge in [-0.1, -0.05) is 32.5 Å². The molecule has 0 saturated carbocycles. The lowest BCUT2D eigenvalue weighted by atomic mass is 9.81. The predicted octanol–water partition coefficient (Wildman–Crippen LogP) is 2.83. The predicted molar refractivity (Wildman–Crippen MR) is 86.0 cm³/mol. The number of piperidine rings is 1. The van der Waals surface area contributed by atoms with E-state index < -0.39 is 0 Å². The van der Waals surface area contributed by atoms with E-state index in [-0.39, 0.29) is 0 Å². The molecule has 4 heteroatoms. The average molecular weight is 283 g/mol. The Hall–Kier alpha value is -0.220. The minimum absolute atomic E-state index is 0.415. The normalized spacial score (nSPS) is 29.9. The number of nitrogens with one attached hydrogen (secondary N) is 1. The van der Waals surface area contributed by atoms with Crippen LogP contribution in [0.3, 0.4) is 0 Å². The van der Waals surface area contributed by atoms with Crippen LogP contribution in [0.25, 0.3) is 0 Å². The van der Waals surface area contributed by atoms with Crippen LogP contribution >= 0.6 is 11.8 Å². The molecule has 0 amide bonds. The summed E-state index contributed by atoms with van der Waals surface area (Å²) >= 11 is 1.91. The third kappa shape index (κ3) is 4.67. The van der Waals surface area contributed by atoms with Crippen LogP contribution in [0.2, 0.25) is 0 Å². The van der Waals surface area contributed by atoms with Crippen molar-refractivity contribution in [3.8, 4) is 0 Å². The maximum absolute atomic E-state index is 4.85. The van der Waals surface area contributed by atoms with Crippen molar-refractivity contribution in [3.63, 3.8) is 0 Å². The van der Waals surface area contributed by atoms with Crippen molar-refractivity contribution in [2.45, 2.75) is 46.1 Å². The monoisotopic (exact) mass is 283 g/mol. The Morgan fingerprint density at radius 1 is 1.42 bits per heavy atom. The second-order valence-electron chi connectivity index (χ2n) is 7.02. The molecule has 2 heterocycles. The highest BCUT2D eigenvalue weighted by Gasteiger charge is 2.29. The van der Waals surface area contributed by atoms with E-state index in [2.05, 4.69) is 38.0 Å². The molecule has 0 radical (unpaired) electrons. The van der Waals surface area contributed by atoms with Crippen LogP contribution in [-0.4, -0.2) is 48.5 Å². The molecule has 110 valence electrons. The zero-order valence-corrected chi connectivity index (χ0v) is 13.7. The molecule has 0 aromatic rings. The zero-order chi connectivity index (χ0) is 13.9. The van der Waals surface area contributed by atoms with Gasteiger partial charge in [-0.05, 0) is 50.7 Å². The summed E-state index contributed by atoms with van der Waals surface area (Å²) in [5.74, 6) is 1.96. The molecule has 2 rings (SSSR count). The summed E-state index contributed by atoms with van der Waals surface area (Å²) in [5, 5.41) is 4.78. The van der Waals surface area contributed by atoms with Crippen LogP contribution in [0.4, 0.5) is 0 Å². The molecule has 0 aromatic carbocycles. The molecular formula is C15H29N3S. The van der Waals surface area contributed by atoms with Crippen molar-refractivity contribution in [1.29, 1.82) is 0 Å². The van der Waals surface area contributed by atoms with Crippen molar-refractivity contribution in [1.82, 2.24) is 10.2 Å². The molecule has 1 atom stereocenters. The van der Waals surface area contributed by atoms with Crippen LogP contribution in [0.5, 0.6) is 0 Å². The first kappa shape index (κ1) is 15.2. The molecule has 2 fully saturated rings. The number of hydrogen-bond donors (Lipinski definition) is 1. The first-order valence-electron chi connectivity index (χ1n) is 7.59. The van der Waals surface area contributed by atoms with Gasteiger partial charge in [0.05, 0.1) is 0 Å². The van der Waals surface area contributed by atoms with Crippen molar-refractivity contribution in [2.75, 3.05) is 32.4 Å². The van der Waals surface area contributed by atoms with E-state index in [4.69, 9.17) is 4.99 Å². The van der Waals surface area contributed by atoms with Gasteiger partial charge in [0.25, 0.3) is 0 Å². The lowest BCUT2D eigenvalue weighted by molar-refractivity contribution is 0.147. The summed E-state index contributed by atoms with van der Waals surface area (Å²) in [5.41, 5.74) is 0.415. The fourth-order valence-electron chi connectivity index (χ4n) is 2.80. The molecule has 0 bridgehead atoms. The highest BCUT2D eigenvalue weighted by molar-refractivity contribution is 8.14. The number of likely N-dealkylation sites (tertiary alicyclic amines) is 1. The fourth-order valence-corrected chi connectivity index (χ4v) is 3.79. The van der Waals surface area contributed by atoms with Gasteiger partial charge in [-0.3, -0.25) is 4.99 Å². The van der Waals surface area contributed by atoms with E-state index in [0.717, 1.165) is 12.5 Å². The van der Waals surface area contributed by atoms with Gasteiger partial charge in [0, 0.05) is 18.3 Å². The van der Waals surface area contributed by atoms with Crippen LogP contribution in [0.1, 0.15) is 40.0 Å². The van der Waals surface area contributed by atoms with Gasteiger partial charge in [-0.25, -0.2) is 0 Å². The minimum Gasteiger partial charge on any atom is -0.361 e. The molecule has 3 nitrogen and oxygen atoms in total. The third-order valence-electron chi connectivity index (χ3n) is 4.30. The van der Waals surface area contributed by atoms with Gasteiger partial charge >= 0.3 is 0 Å². The Kier molecular flexibility index (Phi) is 5.18. The number of hydrogen-bond acceptors (Lipinski definition) is 3. The Morgan fingerprint density at radius 2 is 2.11 bits per heavy atom. The second-order valence-corrected chi connectivity index (χ2v) is 8.03. The maximum atomic E-state index is 4.85. The van der Waals surface area contributed by atoms with Gasteiger partial charge in [-0.2, -0.15) is 0 Å². The number of rotatable bonds is 4. The first-order valence-corrected chi connectivity index (χ1v) is 8.58. The molecular weight excluding hydrogens is 254 g/mol. The summed E-state index contributed by atoms with van der Waals surface area (Å²) < 4.78 is 0. The molecule has 1 unspecified atom stereocenters. The molecule has 19 heavy (non-hydrogen) atoms.